The smallest absolute Gasteiger partial charge is 0.240 e. The lowest BCUT2D eigenvalue weighted by Crippen LogP contribution is -2.47. The Morgan fingerprint density at radius 1 is 0.938 bits per heavy atom. The molecule has 2 amide bonds. The molecule has 3 aliphatic rings. The Kier molecular flexibility index (Phi) is 4.77. The zero-order valence-corrected chi connectivity index (χ0v) is 19.4. The summed E-state index contributed by atoms with van der Waals surface area (Å²) in [5.74, 6) is -2.24. The number of anilines is 1. The summed E-state index contributed by atoms with van der Waals surface area (Å²) in [6.45, 7) is 5.53. The van der Waals surface area contributed by atoms with Crippen LogP contribution in [0.15, 0.2) is 48.7 Å². The van der Waals surface area contributed by atoms with Crippen molar-refractivity contribution in [1.29, 1.82) is 0 Å². The maximum atomic E-state index is 13.8. The number of fused-ring (bicyclic) bond motifs is 5. The average Bonchev–Trinajstić information content (AvgIpc) is 3.19. The molecule has 0 radical (unpaired) electrons. The average molecular weight is 469 g/mol. The number of ketones is 1. The molecule has 164 valence electrons. The standard InChI is InChI=1S/C25H22Cl2N2O3/c1-25(2,3)22(30)21-19-18(20-17-7-5-4-6-13(17)8-9-28(20)21)23(31)29(24(19)32)16-11-14(26)10-15(27)12-16/h4-12,18-21H,1-3H3. The van der Waals surface area contributed by atoms with Crippen LogP contribution in [-0.2, 0) is 14.4 Å². The fourth-order valence-electron chi connectivity index (χ4n) is 5.22. The third-order valence-electron chi connectivity index (χ3n) is 6.57. The van der Waals surface area contributed by atoms with Gasteiger partial charge in [0, 0.05) is 21.7 Å². The van der Waals surface area contributed by atoms with Crippen LogP contribution in [0.5, 0.6) is 0 Å². The zero-order chi connectivity index (χ0) is 22.9. The summed E-state index contributed by atoms with van der Waals surface area (Å²) in [5.41, 5.74) is 1.59. The first kappa shape index (κ1) is 21.2. The molecule has 4 atom stereocenters. The Bertz CT molecular complexity index is 1180. The summed E-state index contributed by atoms with van der Waals surface area (Å²) >= 11 is 12.3. The van der Waals surface area contributed by atoms with Crippen LogP contribution >= 0.6 is 23.2 Å². The van der Waals surface area contributed by atoms with Gasteiger partial charge >= 0.3 is 0 Å². The summed E-state index contributed by atoms with van der Waals surface area (Å²) in [5, 5.41) is 0.667. The molecule has 3 aliphatic heterocycles. The first-order chi connectivity index (χ1) is 15.1. The summed E-state index contributed by atoms with van der Waals surface area (Å²) in [4.78, 5) is 44.2. The van der Waals surface area contributed by atoms with E-state index < -0.39 is 29.3 Å². The van der Waals surface area contributed by atoms with E-state index >= 15 is 0 Å². The number of benzene rings is 2. The molecule has 2 aromatic carbocycles. The van der Waals surface area contributed by atoms with Crippen molar-refractivity contribution in [2.24, 2.45) is 17.3 Å². The minimum atomic E-state index is -0.784. The number of halogens is 2. The van der Waals surface area contributed by atoms with Crippen LogP contribution in [0, 0.1) is 17.3 Å². The van der Waals surface area contributed by atoms with Crippen molar-refractivity contribution in [1.82, 2.24) is 4.90 Å². The van der Waals surface area contributed by atoms with E-state index in [-0.39, 0.29) is 17.6 Å². The fourth-order valence-corrected chi connectivity index (χ4v) is 5.74. The molecule has 5 nitrogen and oxygen atoms in total. The molecule has 2 fully saturated rings. The van der Waals surface area contributed by atoms with Gasteiger partial charge in [0.05, 0.1) is 23.6 Å². The fraction of sp³-hybridized carbons (Fsp3) is 0.320. The molecule has 2 saturated heterocycles. The van der Waals surface area contributed by atoms with E-state index in [0.29, 0.717) is 15.7 Å². The molecule has 0 spiro atoms. The predicted octanol–water partition coefficient (Wildman–Crippen LogP) is 5.12. The van der Waals surface area contributed by atoms with E-state index in [1.165, 1.54) is 0 Å². The minimum Gasteiger partial charge on any atom is -0.359 e. The third-order valence-corrected chi connectivity index (χ3v) is 7.01. The SMILES string of the molecule is CC(C)(C)C(=O)C1C2C(=O)N(c3cc(Cl)cc(Cl)c3)C(=O)C2C2c3ccccc3C=CN12. The van der Waals surface area contributed by atoms with Crippen LogP contribution in [0.4, 0.5) is 5.69 Å². The van der Waals surface area contributed by atoms with E-state index in [9.17, 15) is 14.4 Å². The normalized spacial score (nSPS) is 26.3. The lowest BCUT2D eigenvalue weighted by Gasteiger charge is -2.37. The van der Waals surface area contributed by atoms with Gasteiger partial charge in [-0.2, -0.15) is 0 Å². The van der Waals surface area contributed by atoms with Crippen molar-refractivity contribution < 1.29 is 14.4 Å². The number of rotatable bonds is 2. The summed E-state index contributed by atoms with van der Waals surface area (Å²) in [7, 11) is 0. The Balaban J connectivity index is 1.68. The molecule has 0 bridgehead atoms. The third kappa shape index (κ3) is 3.02. The lowest BCUT2D eigenvalue weighted by atomic mass is 9.79. The van der Waals surface area contributed by atoms with Gasteiger partial charge in [0.15, 0.2) is 5.78 Å². The van der Waals surface area contributed by atoms with Gasteiger partial charge in [-0.3, -0.25) is 14.4 Å². The molecule has 0 saturated carbocycles. The van der Waals surface area contributed by atoms with Gasteiger partial charge < -0.3 is 4.90 Å². The number of Topliss-reactive ketones (excluding diaryl/α,β-unsaturated/α-hetero) is 1. The van der Waals surface area contributed by atoms with Gasteiger partial charge in [0.2, 0.25) is 11.8 Å². The summed E-state index contributed by atoms with van der Waals surface area (Å²) in [6, 6.07) is 11.3. The molecule has 5 rings (SSSR count). The molecule has 2 aromatic rings. The Hall–Kier alpha value is -2.63. The van der Waals surface area contributed by atoms with Crippen molar-refractivity contribution >= 4 is 52.6 Å². The van der Waals surface area contributed by atoms with Crippen LogP contribution in [0.25, 0.3) is 6.08 Å². The van der Waals surface area contributed by atoms with Crippen LogP contribution in [0.3, 0.4) is 0 Å². The molecule has 32 heavy (non-hydrogen) atoms. The molecule has 3 heterocycles. The Morgan fingerprint density at radius 3 is 2.22 bits per heavy atom. The van der Waals surface area contributed by atoms with Crippen LogP contribution in [0.2, 0.25) is 10.0 Å². The molecule has 0 aliphatic carbocycles. The number of hydrogen-bond donors (Lipinski definition) is 0. The van der Waals surface area contributed by atoms with E-state index in [1.54, 1.807) is 18.2 Å². The maximum Gasteiger partial charge on any atom is 0.240 e. The topological polar surface area (TPSA) is 57.7 Å². The second-order valence-corrected chi connectivity index (χ2v) is 10.5. The molecular weight excluding hydrogens is 447 g/mol. The second-order valence-electron chi connectivity index (χ2n) is 9.59. The van der Waals surface area contributed by atoms with Gasteiger partial charge in [-0.25, -0.2) is 4.90 Å². The number of nitrogens with zero attached hydrogens (tertiary/aromatic N) is 2. The van der Waals surface area contributed by atoms with Crippen LogP contribution in [0.1, 0.15) is 37.9 Å². The van der Waals surface area contributed by atoms with Gasteiger partial charge in [-0.15, -0.1) is 0 Å². The van der Waals surface area contributed by atoms with E-state index in [4.69, 9.17) is 23.2 Å². The van der Waals surface area contributed by atoms with E-state index in [0.717, 1.165) is 16.0 Å². The Morgan fingerprint density at radius 2 is 1.56 bits per heavy atom. The molecule has 0 N–H and O–H groups in total. The van der Waals surface area contributed by atoms with Gasteiger partial charge in [-0.05, 0) is 35.4 Å². The number of carbonyl (C=O) groups excluding carboxylic acids is 3. The lowest BCUT2D eigenvalue weighted by molar-refractivity contribution is -0.135. The van der Waals surface area contributed by atoms with Crippen molar-refractivity contribution in [2.75, 3.05) is 4.90 Å². The maximum absolute atomic E-state index is 13.8. The summed E-state index contributed by atoms with van der Waals surface area (Å²) < 4.78 is 0. The largest absolute Gasteiger partial charge is 0.359 e. The quantitative estimate of drug-likeness (QED) is 0.573. The van der Waals surface area contributed by atoms with Crippen molar-refractivity contribution in [2.45, 2.75) is 32.9 Å². The monoisotopic (exact) mass is 468 g/mol. The van der Waals surface area contributed by atoms with E-state index in [1.807, 2.05) is 62.2 Å². The number of amides is 2. The highest BCUT2D eigenvalue weighted by atomic mass is 35.5. The number of imide groups is 1. The molecule has 4 unspecified atom stereocenters. The van der Waals surface area contributed by atoms with Gasteiger partial charge in [0.25, 0.3) is 0 Å². The molecule has 0 aromatic heterocycles. The van der Waals surface area contributed by atoms with Crippen LogP contribution < -0.4 is 4.90 Å². The van der Waals surface area contributed by atoms with Crippen LogP contribution in [-0.4, -0.2) is 28.5 Å². The predicted molar refractivity (Wildman–Crippen MR) is 124 cm³/mol. The zero-order valence-electron chi connectivity index (χ0n) is 17.9. The number of carbonyl (C=O) groups is 3. The van der Waals surface area contributed by atoms with Crippen molar-refractivity contribution in [3.8, 4) is 0 Å². The summed E-state index contributed by atoms with van der Waals surface area (Å²) in [6.07, 6.45) is 3.81. The van der Waals surface area contributed by atoms with Crippen molar-refractivity contribution in [3.63, 3.8) is 0 Å². The van der Waals surface area contributed by atoms with Gasteiger partial charge in [-0.1, -0.05) is 68.2 Å². The molecule has 7 heteroatoms. The highest BCUT2D eigenvalue weighted by Crippen LogP contribution is 2.54. The van der Waals surface area contributed by atoms with Crippen molar-refractivity contribution in [3.05, 3.63) is 69.8 Å². The first-order valence-electron chi connectivity index (χ1n) is 10.5. The van der Waals surface area contributed by atoms with Gasteiger partial charge in [0.1, 0.15) is 6.04 Å². The minimum absolute atomic E-state index is 0.0637. The first-order valence-corrected chi connectivity index (χ1v) is 11.3. The second kappa shape index (κ2) is 7.19. The van der Waals surface area contributed by atoms with E-state index in [2.05, 4.69) is 0 Å². The molecular formula is C25H22Cl2N2O3. The highest BCUT2D eigenvalue weighted by Gasteiger charge is 2.65. The number of hydrogen-bond acceptors (Lipinski definition) is 4. The highest BCUT2D eigenvalue weighted by molar-refractivity contribution is 6.35. The Labute approximate surface area is 196 Å².